The van der Waals surface area contributed by atoms with Gasteiger partial charge in [0, 0.05) is 36.5 Å². The molecule has 0 atom stereocenters. The molecule has 0 fully saturated rings. The zero-order valence-corrected chi connectivity index (χ0v) is 15.6. The molecule has 0 saturated carbocycles. The number of carbonyl (C=O) groups excluding carboxylic acids is 2. The van der Waals surface area contributed by atoms with Crippen LogP contribution in [0.15, 0.2) is 59.0 Å². The summed E-state index contributed by atoms with van der Waals surface area (Å²) in [5, 5.41) is 1.05. The van der Waals surface area contributed by atoms with Gasteiger partial charge in [-0.2, -0.15) is 0 Å². The molecule has 5 nitrogen and oxygen atoms in total. The molecule has 0 spiro atoms. The van der Waals surface area contributed by atoms with E-state index in [-0.39, 0.29) is 11.9 Å². The number of furan rings is 1. The highest BCUT2D eigenvalue weighted by molar-refractivity contribution is 5.94. The highest BCUT2D eigenvalue weighted by Crippen LogP contribution is 2.27. The normalized spacial score (nSPS) is 10.7. The lowest BCUT2D eigenvalue weighted by Gasteiger charge is -2.17. The number of rotatable bonds is 7. The molecule has 3 aromatic rings. The van der Waals surface area contributed by atoms with Crippen molar-refractivity contribution in [2.45, 2.75) is 19.8 Å². The molecule has 1 heterocycles. The number of para-hydroxylation sites is 1. The molecule has 1 aromatic heterocycles. The molecular formula is C22H23NO4. The van der Waals surface area contributed by atoms with E-state index in [1.807, 2.05) is 42.5 Å². The smallest absolute Gasteiger partial charge is 0.305 e. The fourth-order valence-electron chi connectivity index (χ4n) is 2.92. The number of amides is 1. The van der Waals surface area contributed by atoms with Crippen molar-refractivity contribution in [1.29, 1.82) is 0 Å². The van der Waals surface area contributed by atoms with Crippen LogP contribution >= 0.6 is 0 Å². The Hall–Kier alpha value is -3.08. The summed E-state index contributed by atoms with van der Waals surface area (Å²) in [5.74, 6) is 0.474. The third-order valence-corrected chi connectivity index (χ3v) is 4.37. The lowest BCUT2D eigenvalue weighted by Crippen LogP contribution is -2.28. The van der Waals surface area contributed by atoms with Gasteiger partial charge in [0.1, 0.15) is 11.3 Å². The fraction of sp³-hybridized carbons (Fsp3) is 0.273. The quantitative estimate of drug-likeness (QED) is 0.578. The van der Waals surface area contributed by atoms with E-state index in [0.29, 0.717) is 31.6 Å². The molecule has 27 heavy (non-hydrogen) atoms. The van der Waals surface area contributed by atoms with E-state index in [9.17, 15) is 9.59 Å². The predicted octanol–water partition coefficient (Wildman–Crippen LogP) is 4.52. The highest BCUT2D eigenvalue weighted by atomic mass is 16.5. The standard InChI is InChI=1S/C22H23NO4/c1-3-26-21(24)9-6-14-23(2)22(25)17-12-10-16(11-13-17)20-15-18-7-4-5-8-19(18)27-20/h4-5,7-8,10-13,15H,3,6,9,14H2,1-2H3. The average Bonchev–Trinajstić information content (AvgIpc) is 3.12. The number of ether oxygens (including phenoxy) is 1. The number of hydrogen-bond acceptors (Lipinski definition) is 4. The summed E-state index contributed by atoms with van der Waals surface area (Å²) in [6.45, 7) is 2.66. The Morgan fingerprint density at radius 1 is 1.07 bits per heavy atom. The number of nitrogens with zero attached hydrogens (tertiary/aromatic N) is 1. The maximum absolute atomic E-state index is 12.5. The van der Waals surface area contributed by atoms with Gasteiger partial charge in [-0.25, -0.2) is 0 Å². The lowest BCUT2D eigenvalue weighted by molar-refractivity contribution is -0.143. The molecule has 0 aliphatic carbocycles. The van der Waals surface area contributed by atoms with Gasteiger partial charge < -0.3 is 14.1 Å². The van der Waals surface area contributed by atoms with E-state index in [2.05, 4.69) is 0 Å². The second-order valence-corrected chi connectivity index (χ2v) is 6.36. The largest absolute Gasteiger partial charge is 0.466 e. The highest BCUT2D eigenvalue weighted by Gasteiger charge is 2.13. The Kier molecular flexibility index (Phi) is 5.91. The van der Waals surface area contributed by atoms with E-state index < -0.39 is 0 Å². The van der Waals surface area contributed by atoms with Gasteiger partial charge in [0.25, 0.3) is 5.91 Å². The first-order valence-electron chi connectivity index (χ1n) is 9.08. The van der Waals surface area contributed by atoms with Crippen molar-refractivity contribution >= 4 is 22.8 Å². The van der Waals surface area contributed by atoms with Gasteiger partial charge in [-0.15, -0.1) is 0 Å². The van der Waals surface area contributed by atoms with E-state index in [1.165, 1.54) is 0 Å². The third-order valence-electron chi connectivity index (χ3n) is 4.37. The Labute approximate surface area is 158 Å². The average molecular weight is 365 g/mol. The van der Waals surface area contributed by atoms with Crippen molar-refractivity contribution in [3.05, 3.63) is 60.2 Å². The molecule has 3 rings (SSSR count). The van der Waals surface area contributed by atoms with Crippen LogP contribution in [-0.2, 0) is 9.53 Å². The Balaban J connectivity index is 1.62. The van der Waals surface area contributed by atoms with Gasteiger partial charge in [-0.3, -0.25) is 9.59 Å². The first kappa shape index (κ1) is 18.7. The van der Waals surface area contributed by atoms with Gasteiger partial charge in [0.2, 0.25) is 0 Å². The van der Waals surface area contributed by atoms with Gasteiger partial charge in [0.15, 0.2) is 0 Å². The SMILES string of the molecule is CCOC(=O)CCCN(C)C(=O)c1ccc(-c2cc3ccccc3o2)cc1. The maximum Gasteiger partial charge on any atom is 0.305 e. The summed E-state index contributed by atoms with van der Waals surface area (Å²) in [6, 6.07) is 17.2. The van der Waals surface area contributed by atoms with E-state index in [1.54, 1.807) is 31.0 Å². The second kappa shape index (κ2) is 8.54. The number of hydrogen-bond donors (Lipinski definition) is 0. The minimum Gasteiger partial charge on any atom is -0.466 e. The van der Waals surface area contributed by atoms with Crippen LogP contribution in [0.2, 0.25) is 0 Å². The van der Waals surface area contributed by atoms with Gasteiger partial charge in [0.05, 0.1) is 6.61 Å². The van der Waals surface area contributed by atoms with Crippen LogP contribution in [0.25, 0.3) is 22.3 Å². The van der Waals surface area contributed by atoms with Crippen LogP contribution in [0.3, 0.4) is 0 Å². The summed E-state index contributed by atoms with van der Waals surface area (Å²) >= 11 is 0. The van der Waals surface area contributed by atoms with E-state index in [0.717, 1.165) is 22.3 Å². The molecule has 0 radical (unpaired) electrons. The van der Waals surface area contributed by atoms with Crippen LogP contribution in [0, 0.1) is 0 Å². The minimum absolute atomic E-state index is 0.0741. The molecule has 5 heteroatoms. The van der Waals surface area contributed by atoms with Crippen molar-refractivity contribution in [2.75, 3.05) is 20.2 Å². The molecule has 2 aromatic carbocycles. The summed E-state index contributed by atoms with van der Waals surface area (Å²) in [4.78, 5) is 25.5. The van der Waals surface area contributed by atoms with Gasteiger partial charge in [-0.1, -0.05) is 30.3 Å². The van der Waals surface area contributed by atoms with Crippen molar-refractivity contribution in [3.63, 3.8) is 0 Å². The van der Waals surface area contributed by atoms with Gasteiger partial charge in [-0.05, 0) is 37.6 Å². The van der Waals surface area contributed by atoms with Crippen LogP contribution in [0.4, 0.5) is 0 Å². The van der Waals surface area contributed by atoms with Gasteiger partial charge >= 0.3 is 5.97 Å². The van der Waals surface area contributed by atoms with Crippen LogP contribution in [0.5, 0.6) is 0 Å². The molecular weight excluding hydrogens is 342 g/mol. The summed E-state index contributed by atoms with van der Waals surface area (Å²) < 4.78 is 10.8. The van der Waals surface area contributed by atoms with Crippen LogP contribution in [0.1, 0.15) is 30.1 Å². The Morgan fingerprint density at radius 3 is 2.52 bits per heavy atom. The molecule has 0 bridgehead atoms. The maximum atomic E-state index is 12.5. The lowest BCUT2D eigenvalue weighted by atomic mass is 10.1. The van der Waals surface area contributed by atoms with Crippen LogP contribution < -0.4 is 0 Å². The molecule has 0 aliphatic heterocycles. The number of fused-ring (bicyclic) bond motifs is 1. The number of esters is 1. The molecule has 0 saturated heterocycles. The first-order chi connectivity index (χ1) is 13.1. The summed E-state index contributed by atoms with van der Waals surface area (Å²) in [5.41, 5.74) is 2.37. The Bertz CT molecular complexity index is 894. The monoisotopic (exact) mass is 365 g/mol. The number of carbonyl (C=O) groups is 2. The molecule has 0 N–H and O–H groups in total. The molecule has 1 amide bonds. The molecule has 0 unspecified atom stereocenters. The van der Waals surface area contributed by atoms with Crippen molar-refractivity contribution < 1.29 is 18.7 Å². The van der Waals surface area contributed by atoms with E-state index >= 15 is 0 Å². The van der Waals surface area contributed by atoms with Crippen molar-refractivity contribution in [2.24, 2.45) is 0 Å². The predicted molar refractivity (Wildman–Crippen MR) is 104 cm³/mol. The summed E-state index contributed by atoms with van der Waals surface area (Å²) in [7, 11) is 1.74. The zero-order chi connectivity index (χ0) is 19.2. The number of benzene rings is 2. The van der Waals surface area contributed by atoms with E-state index in [4.69, 9.17) is 9.15 Å². The zero-order valence-electron chi connectivity index (χ0n) is 15.6. The topological polar surface area (TPSA) is 59.8 Å². The first-order valence-corrected chi connectivity index (χ1v) is 9.08. The van der Waals surface area contributed by atoms with Crippen molar-refractivity contribution in [1.82, 2.24) is 4.90 Å². The third kappa shape index (κ3) is 4.56. The molecule has 140 valence electrons. The minimum atomic E-state index is -0.228. The van der Waals surface area contributed by atoms with Crippen molar-refractivity contribution in [3.8, 4) is 11.3 Å². The second-order valence-electron chi connectivity index (χ2n) is 6.36. The molecule has 0 aliphatic rings. The van der Waals surface area contributed by atoms with Crippen LogP contribution in [-0.4, -0.2) is 37.0 Å². The Morgan fingerprint density at radius 2 is 1.81 bits per heavy atom. The fourth-order valence-corrected chi connectivity index (χ4v) is 2.92. The summed E-state index contributed by atoms with van der Waals surface area (Å²) in [6.07, 6.45) is 0.897.